The van der Waals surface area contributed by atoms with E-state index in [-0.39, 0.29) is 19.0 Å². The zero-order chi connectivity index (χ0) is 14.1. The molecule has 0 saturated heterocycles. The molecule has 1 aromatic carbocycles. The van der Waals surface area contributed by atoms with Crippen LogP contribution < -0.4 is 10.6 Å². The largest absolute Gasteiger partial charge is 0.383 e. The highest BCUT2D eigenvalue weighted by molar-refractivity contribution is 5.77. The zero-order valence-corrected chi connectivity index (χ0v) is 10.7. The van der Waals surface area contributed by atoms with E-state index in [9.17, 15) is 9.18 Å². The van der Waals surface area contributed by atoms with Crippen LogP contribution in [0.5, 0.6) is 0 Å². The third-order valence-corrected chi connectivity index (χ3v) is 2.42. The van der Waals surface area contributed by atoms with Gasteiger partial charge in [0.15, 0.2) is 0 Å². The van der Waals surface area contributed by atoms with Gasteiger partial charge < -0.3 is 15.4 Å². The minimum atomic E-state index is -0.402. The topological polar surface area (TPSA) is 74.2 Å². The van der Waals surface area contributed by atoms with Gasteiger partial charge in [-0.25, -0.2) is 4.39 Å². The second-order valence-corrected chi connectivity index (χ2v) is 3.86. The van der Waals surface area contributed by atoms with E-state index in [0.717, 1.165) is 0 Å². The van der Waals surface area contributed by atoms with Crippen molar-refractivity contribution in [3.63, 3.8) is 0 Å². The van der Waals surface area contributed by atoms with Crippen molar-refractivity contribution in [2.75, 3.05) is 26.8 Å². The van der Waals surface area contributed by atoms with Gasteiger partial charge >= 0.3 is 0 Å². The number of halogens is 1. The lowest BCUT2D eigenvalue weighted by atomic mass is 10.1. The Kier molecular flexibility index (Phi) is 6.50. The van der Waals surface area contributed by atoms with Gasteiger partial charge in [-0.2, -0.15) is 5.26 Å². The average Bonchev–Trinajstić information content (AvgIpc) is 2.39. The molecule has 2 N–H and O–H groups in total. The molecule has 0 aliphatic heterocycles. The van der Waals surface area contributed by atoms with Gasteiger partial charge in [0.05, 0.1) is 24.8 Å². The smallest absolute Gasteiger partial charge is 0.234 e. The van der Waals surface area contributed by atoms with Crippen LogP contribution in [-0.4, -0.2) is 32.7 Å². The molecule has 0 spiro atoms. The SMILES string of the molecule is COCCNC(=O)CNCc1cc(F)ccc1C#N. The van der Waals surface area contributed by atoms with E-state index < -0.39 is 5.82 Å². The first-order valence-corrected chi connectivity index (χ1v) is 5.82. The number of amides is 1. The maximum absolute atomic E-state index is 13.0. The fourth-order valence-corrected chi connectivity index (χ4v) is 1.48. The Morgan fingerprint density at radius 3 is 3.00 bits per heavy atom. The Balaban J connectivity index is 2.39. The first-order valence-electron chi connectivity index (χ1n) is 5.82. The summed E-state index contributed by atoms with van der Waals surface area (Å²) in [5.74, 6) is -0.577. The molecule has 6 heteroatoms. The number of hydrogen-bond acceptors (Lipinski definition) is 4. The minimum Gasteiger partial charge on any atom is -0.383 e. The molecule has 5 nitrogen and oxygen atoms in total. The number of nitriles is 1. The predicted octanol–water partition coefficient (Wildman–Crippen LogP) is 0.550. The second-order valence-electron chi connectivity index (χ2n) is 3.86. The molecule has 1 aromatic rings. The van der Waals surface area contributed by atoms with Crippen LogP contribution in [0.1, 0.15) is 11.1 Å². The van der Waals surface area contributed by atoms with E-state index in [1.54, 1.807) is 7.11 Å². The average molecular weight is 265 g/mol. The molecule has 1 amide bonds. The lowest BCUT2D eigenvalue weighted by Crippen LogP contribution is -2.35. The summed E-state index contributed by atoms with van der Waals surface area (Å²) in [6.07, 6.45) is 0. The van der Waals surface area contributed by atoms with Gasteiger partial charge in [0, 0.05) is 20.2 Å². The molecule has 1 rings (SSSR count). The van der Waals surface area contributed by atoms with E-state index >= 15 is 0 Å². The molecule has 0 radical (unpaired) electrons. The van der Waals surface area contributed by atoms with Gasteiger partial charge in [-0.3, -0.25) is 4.79 Å². The minimum absolute atomic E-state index is 0.102. The maximum atomic E-state index is 13.0. The maximum Gasteiger partial charge on any atom is 0.234 e. The number of hydrogen-bond donors (Lipinski definition) is 2. The molecule has 19 heavy (non-hydrogen) atoms. The van der Waals surface area contributed by atoms with Gasteiger partial charge in [0.1, 0.15) is 5.82 Å². The summed E-state index contributed by atoms with van der Waals surface area (Å²) in [6, 6.07) is 5.92. The first-order chi connectivity index (χ1) is 9.17. The van der Waals surface area contributed by atoms with Crippen LogP contribution in [0.25, 0.3) is 0 Å². The van der Waals surface area contributed by atoms with Crippen LogP contribution in [0.3, 0.4) is 0 Å². The molecule has 0 saturated carbocycles. The molecule has 0 aliphatic carbocycles. The van der Waals surface area contributed by atoms with E-state index in [2.05, 4.69) is 10.6 Å². The number of nitrogens with zero attached hydrogens (tertiary/aromatic N) is 1. The summed E-state index contributed by atoms with van der Waals surface area (Å²) in [4.78, 5) is 11.4. The van der Waals surface area contributed by atoms with Crippen LogP contribution in [0.2, 0.25) is 0 Å². The number of rotatable bonds is 7. The quantitative estimate of drug-likeness (QED) is 0.706. The van der Waals surface area contributed by atoms with Crippen LogP contribution >= 0.6 is 0 Å². The molecule has 0 aromatic heterocycles. The van der Waals surface area contributed by atoms with E-state index in [1.165, 1.54) is 18.2 Å². The first kappa shape index (κ1) is 15.1. The van der Waals surface area contributed by atoms with E-state index in [1.807, 2.05) is 6.07 Å². The summed E-state index contributed by atoms with van der Waals surface area (Å²) < 4.78 is 17.8. The van der Waals surface area contributed by atoms with Crippen molar-refractivity contribution < 1.29 is 13.9 Å². The monoisotopic (exact) mass is 265 g/mol. The fourth-order valence-electron chi connectivity index (χ4n) is 1.48. The lowest BCUT2D eigenvalue weighted by molar-refractivity contribution is -0.120. The molecule has 0 atom stereocenters. The Bertz CT molecular complexity index is 471. The normalized spacial score (nSPS) is 9.95. The summed E-state index contributed by atoms with van der Waals surface area (Å²) in [5.41, 5.74) is 0.931. The highest BCUT2D eigenvalue weighted by Gasteiger charge is 2.05. The van der Waals surface area contributed by atoms with Crippen LogP contribution in [0, 0.1) is 17.1 Å². The molecule has 0 fully saturated rings. The van der Waals surface area contributed by atoms with Crippen molar-refractivity contribution in [2.24, 2.45) is 0 Å². The van der Waals surface area contributed by atoms with Crippen molar-refractivity contribution in [1.82, 2.24) is 10.6 Å². The Hall–Kier alpha value is -1.97. The Morgan fingerprint density at radius 2 is 2.32 bits per heavy atom. The molecule has 0 aliphatic rings. The van der Waals surface area contributed by atoms with E-state index in [0.29, 0.717) is 24.3 Å². The molecule has 0 heterocycles. The van der Waals surface area contributed by atoms with Crippen LogP contribution in [0.15, 0.2) is 18.2 Å². The van der Waals surface area contributed by atoms with Crippen LogP contribution in [-0.2, 0) is 16.1 Å². The second kappa shape index (κ2) is 8.19. The summed E-state index contributed by atoms with van der Waals surface area (Å²) in [5, 5.41) is 14.4. The summed E-state index contributed by atoms with van der Waals surface area (Å²) in [7, 11) is 1.55. The van der Waals surface area contributed by atoms with Gasteiger partial charge in [-0.15, -0.1) is 0 Å². The number of ether oxygens (including phenoxy) is 1. The molecule has 102 valence electrons. The summed E-state index contributed by atoms with van der Waals surface area (Å²) >= 11 is 0. The number of carbonyl (C=O) groups is 1. The standard InChI is InChI=1S/C13H16FN3O2/c1-19-5-4-17-13(18)9-16-8-11-6-12(14)3-2-10(11)7-15/h2-3,6,16H,4-5,8-9H2,1H3,(H,17,18). The van der Waals surface area contributed by atoms with Crippen LogP contribution in [0.4, 0.5) is 4.39 Å². The van der Waals surface area contributed by atoms with Gasteiger partial charge in [0.25, 0.3) is 0 Å². The highest BCUT2D eigenvalue weighted by Crippen LogP contribution is 2.09. The summed E-state index contributed by atoms with van der Waals surface area (Å²) in [6.45, 7) is 1.26. The Labute approximate surface area is 111 Å². The highest BCUT2D eigenvalue weighted by atomic mass is 19.1. The van der Waals surface area contributed by atoms with Gasteiger partial charge in [0.2, 0.25) is 5.91 Å². The number of nitrogens with one attached hydrogen (secondary N) is 2. The molecule has 0 bridgehead atoms. The van der Waals surface area contributed by atoms with Crippen molar-refractivity contribution in [3.8, 4) is 6.07 Å². The number of benzene rings is 1. The lowest BCUT2D eigenvalue weighted by Gasteiger charge is -2.07. The fraction of sp³-hybridized carbons (Fsp3) is 0.385. The number of carbonyl (C=O) groups excluding carboxylic acids is 1. The van der Waals surface area contributed by atoms with Crippen molar-refractivity contribution in [1.29, 1.82) is 5.26 Å². The van der Waals surface area contributed by atoms with Crippen molar-refractivity contribution in [2.45, 2.75) is 6.54 Å². The van der Waals surface area contributed by atoms with Gasteiger partial charge in [-0.05, 0) is 23.8 Å². The Morgan fingerprint density at radius 1 is 1.53 bits per heavy atom. The zero-order valence-electron chi connectivity index (χ0n) is 10.7. The molecule has 0 unspecified atom stereocenters. The number of methoxy groups -OCH3 is 1. The molecular formula is C13H16FN3O2. The third kappa shape index (κ3) is 5.46. The van der Waals surface area contributed by atoms with Crippen molar-refractivity contribution in [3.05, 3.63) is 35.1 Å². The third-order valence-electron chi connectivity index (χ3n) is 2.42. The van der Waals surface area contributed by atoms with Crippen molar-refractivity contribution >= 4 is 5.91 Å². The van der Waals surface area contributed by atoms with E-state index in [4.69, 9.17) is 10.00 Å². The molecular weight excluding hydrogens is 249 g/mol. The predicted molar refractivity (Wildman–Crippen MR) is 67.7 cm³/mol. The van der Waals surface area contributed by atoms with Gasteiger partial charge in [-0.1, -0.05) is 0 Å².